The van der Waals surface area contributed by atoms with Crippen molar-refractivity contribution in [2.24, 2.45) is 10.2 Å². The third-order valence-electron chi connectivity index (χ3n) is 3.45. The molecule has 0 bridgehead atoms. The van der Waals surface area contributed by atoms with E-state index in [-0.39, 0.29) is 5.91 Å². The Kier molecular flexibility index (Phi) is 5.86. The molecule has 0 heterocycles. The number of azo groups is 1. The third kappa shape index (κ3) is 4.92. The molecule has 0 aliphatic rings. The highest BCUT2D eigenvalue weighted by Crippen LogP contribution is 2.23. The number of hydrogen-bond donors (Lipinski definition) is 1. The summed E-state index contributed by atoms with van der Waals surface area (Å²) in [5.74, 6) is -0.0901. The molecule has 120 valence electrons. The van der Waals surface area contributed by atoms with Gasteiger partial charge in [0.05, 0.1) is 11.4 Å². The molecule has 0 saturated carbocycles. The molecule has 0 saturated heterocycles. The molecular weight excluding hydrogens is 288 g/mol. The third-order valence-corrected chi connectivity index (χ3v) is 3.45. The van der Waals surface area contributed by atoms with Gasteiger partial charge in [-0.2, -0.15) is 10.2 Å². The Labute approximate surface area is 137 Å². The van der Waals surface area contributed by atoms with Crippen LogP contribution in [-0.4, -0.2) is 19.0 Å². The maximum atomic E-state index is 11.0. The van der Waals surface area contributed by atoms with Crippen LogP contribution in [0.2, 0.25) is 0 Å². The Balaban J connectivity index is 2.03. The van der Waals surface area contributed by atoms with E-state index < -0.39 is 0 Å². The SMILES string of the molecule is CCN(CC)c1ccc(N=Nc2ccc(NC(C)=O)cc2)cc1. The molecule has 0 aliphatic carbocycles. The summed E-state index contributed by atoms with van der Waals surface area (Å²) in [5, 5.41) is 11.2. The standard InChI is InChI=1S/C18H22N4O/c1-4-22(5-2)18-12-10-17(11-13-18)21-20-16-8-6-15(7-9-16)19-14(3)23/h6-13H,4-5H2,1-3H3,(H,19,23). The summed E-state index contributed by atoms with van der Waals surface area (Å²) in [6.45, 7) is 7.73. The van der Waals surface area contributed by atoms with Crippen molar-refractivity contribution in [2.75, 3.05) is 23.3 Å². The average molecular weight is 310 g/mol. The first kappa shape index (κ1) is 16.7. The predicted molar refractivity (Wildman–Crippen MR) is 94.9 cm³/mol. The molecule has 0 aromatic heterocycles. The van der Waals surface area contributed by atoms with Crippen LogP contribution >= 0.6 is 0 Å². The van der Waals surface area contributed by atoms with Gasteiger partial charge in [-0.15, -0.1) is 0 Å². The molecule has 5 heteroatoms. The number of carbonyl (C=O) groups is 1. The zero-order valence-corrected chi connectivity index (χ0v) is 13.8. The number of benzene rings is 2. The first-order chi connectivity index (χ1) is 11.1. The average Bonchev–Trinajstić information content (AvgIpc) is 2.56. The van der Waals surface area contributed by atoms with E-state index in [0.29, 0.717) is 0 Å². The molecule has 0 atom stereocenters. The molecule has 1 N–H and O–H groups in total. The quantitative estimate of drug-likeness (QED) is 0.771. The van der Waals surface area contributed by atoms with Gasteiger partial charge >= 0.3 is 0 Å². The van der Waals surface area contributed by atoms with E-state index in [1.54, 1.807) is 12.1 Å². The van der Waals surface area contributed by atoms with Crippen molar-refractivity contribution in [3.05, 3.63) is 48.5 Å². The summed E-state index contributed by atoms with van der Waals surface area (Å²) in [4.78, 5) is 13.3. The molecule has 0 fully saturated rings. The minimum Gasteiger partial charge on any atom is -0.372 e. The Morgan fingerprint density at radius 3 is 1.83 bits per heavy atom. The van der Waals surface area contributed by atoms with Crippen LogP contribution in [0.3, 0.4) is 0 Å². The summed E-state index contributed by atoms with van der Waals surface area (Å²) in [5.41, 5.74) is 3.49. The van der Waals surface area contributed by atoms with Crippen LogP contribution in [0.15, 0.2) is 58.8 Å². The number of rotatable bonds is 6. The van der Waals surface area contributed by atoms with Gasteiger partial charge < -0.3 is 10.2 Å². The monoisotopic (exact) mass is 310 g/mol. The van der Waals surface area contributed by atoms with E-state index >= 15 is 0 Å². The van der Waals surface area contributed by atoms with E-state index in [1.807, 2.05) is 24.3 Å². The lowest BCUT2D eigenvalue weighted by Gasteiger charge is -2.20. The second kappa shape index (κ2) is 8.08. The zero-order valence-electron chi connectivity index (χ0n) is 13.8. The van der Waals surface area contributed by atoms with Gasteiger partial charge in [0, 0.05) is 31.4 Å². The van der Waals surface area contributed by atoms with Crippen LogP contribution in [0, 0.1) is 0 Å². The van der Waals surface area contributed by atoms with E-state index in [9.17, 15) is 4.79 Å². The molecule has 5 nitrogen and oxygen atoms in total. The smallest absolute Gasteiger partial charge is 0.221 e. The van der Waals surface area contributed by atoms with Crippen molar-refractivity contribution in [3.8, 4) is 0 Å². The maximum Gasteiger partial charge on any atom is 0.221 e. The molecule has 0 unspecified atom stereocenters. The summed E-state index contributed by atoms with van der Waals surface area (Å²) in [6, 6.07) is 15.3. The Morgan fingerprint density at radius 1 is 0.913 bits per heavy atom. The summed E-state index contributed by atoms with van der Waals surface area (Å²) >= 11 is 0. The van der Waals surface area contributed by atoms with Crippen LogP contribution in [0.25, 0.3) is 0 Å². The van der Waals surface area contributed by atoms with E-state index in [0.717, 1.165) is 30.2 Å². The van der Waals surface area contributed by atoms with Crippen molar-refractivity contribution < 1.29 is 4.79 Å². The number of nitrogens with one attached hydrogen (secondary N) is 1. The van der Waals surface area contributed by atoms with Crippen molar-refractivity contribution in [2.45, 2.75) is 20.8 Å². The number of anilines is 2. The molecule has 2 aromatic carbocycles. The van der Waals surface area contributed by atoms with Crippen LogP contribution in [-0.2, 0) is 4.79 Å². The van der Waals surface area contributed by atoms with Gasteiger partial charge in [-0.25, -0.2) is 0 Å². The van der Waals surface area contributed by atoms with Gasteiger partial charge in [0.15, 0.2) is 0 Å². The topological polar surface area (TPSA) is 57.1 Å². The summed E-state index contributed by atoms with van der Waals surface area (Å²) < 4.78 is 0. The van der Waals surface area contributed by atoms with Crippen LogP contribution in [0.5, 0.6) is 0 Å². The number of amides is 1. The summed E-state index contributed by atoms with van der Waals surface area (Å²) in [6.07, 6.45) is 0. The zero-order chi connectivity index (χ0) is 16.7. The van der Waals surface area contributed by atoms with Crippen molar-refractivity contribution in [1.29, 1.82) is 0 Å². The van der Waals surface area contributed by atoms with Gasteiger partial charge in [0.1, 0.15) is 0 Å². The molecular formula is C18H22N4O. The van der Waals surface area contributed by atoms with Crippen LogP contribution in [0.1, 0.15) is 20.8 Å². The fourth-order valence-corrected chi connectivity index (χ4v) is 2.25. The molecule has 1 amide bonds. The van der Waals surface area contributed by atoms with Crippen molar-refractivity contribution >= 4 is 28.7 Å². The first-order valence-corrected chi connectivity index (χ1v) is 7.76. The largest absolute Gasteiger partial charge is 0.372 e. The first-order valence-electron chi connectivity index (χ1n) is 7.76. The Morgan fingerprint density at radius 2 is 1.39 bits per heavy atom. The normalized spacial score (nSPS) is 10.7. The maximum absolute atomic E-state index is 11.0. The number of nitrogens with zero attached hydrogens (tertiary/aromatic N) is 3. The van der Waals surface area contributed by atoms with Gasteiger partial charge in [0.2, 0.25) is 5.91 Å². The molecule has 0 spiro atoms. The minimum atomic E-state index is -0.0901. The highest BCUT2D eigenvalue weighted by molar-refractivity contribution is 5.88. The lowest BCUT2D eigenvalue weighted by Crippen LogP contribution is -2.21. The highest BCUT2D eigenvalue weighted by atomic mass is 16.1. The second-order valence-corrected chi connectivity index (χ2v) is 5.12. The predicted octanol–water partition coefficient (Wildman–Crippen LogP) is 4.91. The lowest BCUT2D eigenvalue weighted by atomic mass is 10.2. The fourth-order valence-electron chi connectivity index (χ4n) is 2.25. The Bertz CT molecular complexity index is 658. The van der Waals surface area contributed by atoms with Gasteiger partial charge in [-0.05, 0) is 62.4 Å². The highest BCUT2D eigenvalue weighted by Gasteiger charge is 2.01. The second-order valence-electron chi connectivity index (χ2n) is 5.12. The van der Waals surface area contributed by atoms with E-state index in [4.69, 9.17) is 0 Å². The van der Waals surface area contributed by atoms with Gasteiger partial charge in [-0.1, -0.05) is 0 Å². The fraction of sp³-hybridized carbons (Fsp3) is 0.278. The molecule has 0 radical (unpaired) electrons. The Hall–Kier alpha value is -2.69. The lowest BCUT2D eigenvalue weighted by molar-refractivity contribution is -0.114. The molecule has 0 aliphatic heterocycles. The van der Waals surface area contributed by atoms with Crippen molar-refractivity contribution in [1.82, 2.24) is 0 Å². The summed E-state index contributed by atoms with van der Waals surface area (Å²) in [7, 11) is 0. The molecule has 23 heavy (non-hydrogen) atoms. The van der Waals surface area contributed by atoms with Crippen molar-refractivity contribution in [3.63, 3.8) is 0 Å². The molecule has 2 rings (SSSR count). The van der Waals surface area contributed by atoms with Gasteiger partial charge in [0.25, 0.3) is 0 Å². The van der Waals surface area contributed by atoms with E-state index in [1.165, 1.54) is 12.6 Å². The van der Waals surface area contributed by atoms with E-state index in [2.05, 4.69) is 46.4 Å². The number of hydrogen-bond acceptors (Lipinski definition) is 4. The van der Waals surface area contributed by atoms with Crippen LogP contribution < -0.4 is 10.2 Å². The number of carbonyl (C=O) groups excluding carboxylic acids is 1. The minimum absolute atomic E-state index is 0.0901. The van der Waals surface area contributed by atoms with Crippen LogP contribution in [0.4, 0.5) is 22.7 Å². The van der Waals surface area contributed by atoms with Gasteiger partial charge in [-0.3, -0.25) is 4.79 Å². The molecule has 2 aromatic rings.